The van der Waals surface area contributed by atoms with Crippen molar-refractivity contribution < 1.29 is 0 Å². The molecule has 0 saturated carbocycles. The summed E-state index contributed by atoms with van der Waals surface area (Å²) in [5.41, 5.74) is 21.6. The molecule has 344 valence electrons. The molecule has 13 aromatic rings. The van der Waals surface area contributed by atoms with Crippen LogP contribution in [0.25, 0.3) is 105 Å². The van der Waals surface area contributed by atoms with Crippen molar-refractivity contribution in [3.63, 3.8) is 0 Å². The standard InChI is InChI=1S/C70H49N3/c1-3-15-51(16-4-1)60-24-13-17-53-18-14-25-61(70(53)60)52-35-44-58(45-36-52)71(56-38-29-48(30-39-56)49-31-42-59(43-32-49)72-66-26-10-7-21-62(66)63-22-8-11-27-67(63)72)57-40-33-50(34-41-57)54-37-46-65-64-23-9-12-28-68(64)73(69(65)47-54)55-19-5-2-6-20-55/h1-7,9-21,23-47H,8,22H2. The van der Waals surface area contributed by atoms with Crippen molar-refractivity contribution in [1.82, 2.24) is 9.13 Å². The quantitative estimate of drug-likeness (QED) is 0.141. The van der Waals surface area contributed by atoms with Crippen LogP contribution in [0.4, 0.5) is 17.1 Å². The van der Waals surface area contributed by atoms with Crippen molar-refractivity contribution in [1.29, 1.82) is 0 Å². The molecule has 1 aliphatic rings. The number of aryl methyl sites for hydroxylation is 1. The Bertz CT molecular complexity index is 4190. The number of para-hydroxylation sites is 3. The number of hydrogen-bond acceptors (Lipinski definition) is 1. The van der Waals surface area contributed by atoms with Crippen molar-refractivity contribution >= 4 is 66.6 Å². The van der Waals surface area contributed by atoms with Crippen LogP contribution in [0.5, 0.6) is 0 Å². The van der Waals surface area contributed by atoms with E-state index >= 15 is 0 Å². The van der Waals surface area contributed by atoms with Gasteiger partial charge in [0.15, 0.2) is 0 Å². The van der Waals surface area contributed by atoms with Gasteiger partial charge in [-0.15, -0.1) is 0 Å². The molecule has 2 heterocycles. The molecule has 73 heavy (non-hydrogen) atoms. The van der Waals surface area contributed by atoms with Crippen LogP contribution in [0.15, 0.2) is 267 Å². The number of benzene rings is 11. The van der Waals surface area contributed by atoms with E-state index in [-0.39, 0.29) is 0 Å². The number of allylic oxidation sites excluding steroid dienone is 1. The first kappa shape index (κ1) is 42.4. The van der Waals surface area contributed by atoms with Crippen molar-refractivity contribution in [3.8, 4) is 55.9 Å². The van der Waals surface area contributed by atoms with E-state index in [2.05, 4.69) is 287 Å². The van der Waals surface area contributed by atoms with E-state index < -0.39 is 0 Å². The van der Waals surface area contributed by atoms with Gasteiger partial charge in [0.25, 0.3) is 0 Å². The summed E-state index contributed by atoms with van der Waals surface area (Å²) in [6.45, 7) is 0. The summed E-state index contributed by atoms with van der Waals surface area (Å²) in [6.07, 6.45) is 6.77. The zero-order valence-electron chi connectivity index (χ0n) is 40.2. The summed E-state index contributed by atoms with van der Waals surface area (Å²) >= 11 is 0. The number of rotatable bonds is 9. The lowest BCUT2D eigenvalue weighted by molar-refractivity contribution is 0.967. The van der Waals surface area contributed by atoms with E-state index in [1.165, 1.54) is 105 Å². The summed E-state index contributed by atoms with van der Waals surface area (Å²) in [5, 5.41) is 6.35. The Labute approximate surface area is 425 Å². The van der Waals surface area contributed by atoms with Gasteiger partial charge >= 0.3 is 0 Å². The van der Waals surface area contributed by atoms with Crippen LogP contribution in [0.3, 0.4) is 0 Å². The third-order valence-corrected chi connectivity index (χ3v) is 15.0. The van der Waals surface area contributed by atoms with Gasteiger partial charge < -0.3 is 14.0 Å². The Morgan fingerprint density at radius 2 is 0.808 bits per heavy atom. The molecule has 0 bridgehead atoms. The fourth-order valence-electron chi connectivity index (χ4n) is 11.6. The summed E-state index contributed by atoms with van der Waals surface area (Å²) in [5.74, 6) is 0. The molecule has 0 saturated heterocycles. The molecular weight excluding hydrogens is 883 g/mol. The molecule has 0 spiro atoms. The second kappa shape index (κ2) is 17.8. The van der Waals surface area contributed by atoms with Crippen LogP contribution in [0.2, 0.25) is 0 Å². The van der Waals surface area contributed by atoms with Crippen LogP contribution in [0, 0.1) is 0 Å². The van der Waals surface area contributed by atoms with Gasteiger partial charge in [0, 0.05) is 50.3 Å². The first-order valence-electron chi connectivity index (χ1n) is 25.4. The molecule has 2 aromatic heterocycles. The van der Waals surface area contributed by atoms with Gasteiger partial charge in [-0.1, -0.05) is 188 Å². The molecule has 3 heteroatoms. The van der Waals surface area contributed by atoms with E-state index in [0.717, 1.165) is 35.6 Å². The summed E-state index contributed by atoms with van der Waals surface area (Å²) in [7, 11) is 0. The van der Waals surface area contributed by atoms with Gasteiger partial charge in [-0.25, -0.2) is 0 Å². The van der Waals surface area contributed by atoms with E-state index in [1.807, 2.05) is 0 Å². The minimum Gasteiger partial charge on any atom is -0.311 e. The van der Waals surface area contributed by atoms with Gasteiger partial charge in [0.1, 0.15) is 0 Å². The molecule has 0 amide bonds. The lowest BCUT2D eigenvalue weighted by Crippen LogP contribution is -2.09. The highest BCUT2D eigenvalue weighted by Crippen LogP contribution is 2.42. The predicted molar refractivity (Wildman–Crippen MR) is 309 cm³/mol. The largest absolute Gasteiger partial charge is 0.311 e. The van der Waals surface area contributed by atoms with Gasteiger partial charge in [0.05, 0.1) is 16.6 Å². The predicted octanol–water partition coefficient (Wildman–Crippen LogP) is 19.0. The second-order valence-electron chi connectivity index (χ2n) is 19.2. The maximum atomic E-state index is 2.42. The maximum absolute atomic E-state index is 2.42. The normalized spacial score (nSPS) is 12.2. The van der Waals surface area contributed by atoms with Gasteiger partial charge in [-0.2, -0.15) is 0 Å². The minimum absolute atomic E-state index is 1.08. The first-order valence-corrected chi connectivity index (χ1v) is 25.4. The molecular formula is C70H49N3. The van der Waals surface area contributed by atoms with Crippen molar-refractivity contribution in [2.24, 2.45) is 0 Å². The van der Waals surface area contributed by atoms with E-state index in [9.17, 15) is 0 Å². The maximum Gasteiger partial charge on any atom is 0.0547 e. The monoisotopic (exact) mass is 931 g/mol. The topological polar surface area (TPSA) is 13.1 Å². The smallest absolute Gasteiger partial charge is 0.0547 e. The summed E-state index contributed by atoms with van der Waals surface area (Å²) in [4.78, 5) is 2.38. The Hall–Kier alpha value is -9.44. The third kappa shape index (κ3) is 7.36. The average molecular weight is 932 g/mol. The van der Waals surface area contributed by atoms with Gasteiger partial charge in [-0.05, 0) is 159 Å². The summed E-state index contributed by atoms with van der Waals surface area (Å²) < 4.78 is 4.81. The van der Waals surface area contributed by atoms with Gasteiger partial charge in [-0.3, -0.25) is 0 Å². The average Bonchev–Trinajstić information content (AvgIpc) is 3.99. The zero-order chi connectivity index (χ0) is 48.2. The molecule has 3 nitrogen and oxygen atoms in total. The molecule has 0 fully saturated rings. The molecule has 0 N–H and O–H groups in total. The highest BCUT2D eigenvalue weighted by molar-refractivity contribution is 6.10. The summed E-state index contributed by atoms with van der Waals surface area (Å²) in [6, 6.07) is 95.4. The fraction of sp³-hybridized carbons (Fsp3) is 0.0286. The van der Waals surface area contributed by atoms with Crippen LogP contribution in [0.1, 0.15) is 17.7 Å². The lowest BCUT2D eigenvalue weighted by atomic mass is 9.91. The van der Waals surface area contributed by atoms with Crippen LogP contribution < -0.4 is 4.90 Å². The molecule has 1 aliphatic carbocycles. The number of fused-ring (bicyclic) bond motifs is 7. The number of aromatic nitrogens is 2. The Kier molecular flexibility index (Phi) is 10.3. The highest BCUT2D eigenvalue weighted by Gasteiger charge is 2.20. The molecule has 11 aromatic carbocycles. The molecule has 0 unspecified atom stereocenters. The first-order chi connectivity index (χ1) is 36.2. The van der Waals surface area contributed by atoms with Crippen LogP contribution >= 0.6 is 0 Å². The zero-order valence-corrected chi connectivity index (χ0v) is 40.2. The molecule has 14 rings (SSSR count). The van der Waals surface area contributed by atoms with Crippen molar-refractivity contribution in [3.05, 3.63) is 278 Å². The van der Waals surface area contributed by atoms with Crippen molar-refractivity contribution in [2.45, 2.75) is 12.8 Å². The molecule has 0 atom stereocenters. The second-order valence-corrected chi connectivity index (χ2v) is 19.2. The molecule has 0 radical (unpaired) electrons. The Morgan fingerprint density at radius 3 is 1.45 bits per heavy atom. The van der Waals surface area contributed by atoms with Crippen molar-refractivity contribution in [2.75, 3.05) is 4.90 Å². The molecule has 0 aliphatic heterocycles. The van der Waals surface area contributed by atoms with Gasteiger partial charge in [0.2, 0.25) is 0 Å². The van der Waals surface area contributed by atoms with E-state index in [0.29, 0.717) is 0 Å². The number of hydrogen-bond donors (Lipinski definition) is 0. The fourth-order valence-corrected chi connectivity index (χ4v) is 11.6. The Balaban J connectivity index is 0.838. The Morgan fingerprint density at radius 1 is 0.329 bits per heavy atom. The van der Waals surface area contributed by atoms with Crippen LogP contribution in [-0.2, 0) is 6.42 Å². The minimum atomic E-state index is 1.08. The van der Waals surface area contributed by atoms with E-state index in [4.69, 9.17) is 0 Å². The SMILES string of the molecule is C1=Cc2c(c3ccccc3n2-c2ccc(-c3ccc(N(c4ccc(-c5ccc6c7ccccc7n(-c7ccccc7)c6c5)cc4)c4ccc(-c5cccc6cccc(-c7ccccc7)c56)cc4)cc3)cc2)CC1. The highest BCUT2D eigenvalue weighted by atomic mass is 15.1. The van der Waals surface area contributed by atoms with E-state index in [1.54, 1.807) is 0 Å². The lowest BCUT2D eigenvalue weighted by Gasteiger charge is -2.26. The van der Waals surface area contributed by atoms with Crippen LogP contribution in [-0.4, -0.2) is 9.13 Å². The number of nitrogens with zero attached hydrogens (tertiary/aromatic N) is 3. The third-order valence-electron chi connectivity index (χ3n) is 15.0. The number of anilines is 3.